The maximum absolute atomic E-state index is 2.50. The molecule has 0 saturated heterocycles. The maximum atomic E-state index is 2.50. The Balaban J connectivity index is 3.42. The van der Waals surface area contributed by atoms with Crippen LogP contribution in [-0.4, -0.2) is 0 Å². The first-order valence-corrected chi connectivity index (χ1v) is 15.3. The summed E-state index contributed by atoms with van der Waals surface area (Å²) in [5.74, 6) is 4.62. The molecule has 194 valence electrons. The summed E-state index contributed by atoms with van der Waals surface area (Å²) in [4.78, 5) is 0. The van der Waals surface area contributed by atoms with Crippen molar-refractivity contribution in [3.8, 4) is 0 Å². The largest absolute Gasteiger partial charge is 0.0628 e. The Morgan fingerprint density at radius 1 is 0.250 bits per heavy atom. The van der Waals surface area contributed by atoms with Gasteiger partial charge in [0.1, 0.15) is 0 Å². The average molecular weight is 451 g/mol. The van der Waals surface area contributed by atoms with Crippen molar-refractivity contribution in [2.75, 3.05) is 0 Å². The lowest BCUT2D eigenvalue weighted by Gasteiger charge is -2.15. The van der Waals surface area contributed by atoms with Gasteiger partial charge in [0.25, 0.3) is 0 Å². The van der Waals surface area contributed by atoms with Crippen LogP contribution < -0.4 is 0 Å². The van der Waals surface area contributed by atoms with E-state index in [1.807, 2.05) is 0 Å². The Hall–Kier alpha value is 0. The van der Waals surface area contributed by atoms with Gasteiger partial charge in [0.2, 0.25) is 0 Å². The molecule has 0 radical (unpaired) electrons. The zero-order valence-corrected chi connectivity index (χ0v) is 24.0. The SMILES string of the molecule is CC(C)CCCCCCCC(C)CCCCC(C)CCCCC(C)CCCCCC(C)C. The normalized spacial score (nSPS) is 14.9. The van der Waals surface area contributed by atoms with Gasteiger partial charge in [-0.15, -0.1) is 0 Å². The van der Waals surface area contributed by atoms with Crippen LogP contribution in [0.4, 0.5) is 0 Å². The second-order valence-electron chi connectivity index (χ2n) is 12.7. The number of rotatable bonds is 24. The summed E-state index contributed by atoms with van der Waals surface area (Å²) in [6.07, 6.45) is 29.2. The summed E-state index contributed by atoms with van der Waals surface area (Å²) < 4.78 is 0. The fraction of sp³-hybridized carbons (Fsp3) is 1.00. The van der Waals surface area contributed by atoms with Crippen LogP contribution in [0.25, 0.3) is 0 Å². The van der Waals surface area contributed by atoms with Crippen molar-refractivity contribution < 1.29 is 0 Å². The van der Waals surface area contributed by atoms with Gasteiger partial charge in [0.15, 0.2) is 0 Å². The smallest absolute Gasteiger partial charge is 0.0443 e. The molecular weight excluding hydrogens is 384 g/mol. The van der Waals surface area contributed by atoms with Crippen molar-refractivity contribution in [2.24, 2.45) is 29.6 Å². The molecule has 0 aliphatic carbocycles. The minimum absolute atomic E-state index is 0.886. The van der Waals surface area contributed by atoms with Crippen LogP contribution in [0.1, 0.15) is 177 Å². The molecule has 0 saturated carbocycles. The molecule has 0 spiro atoms. The first-order valence-electron chi connectivity index (χ1n) is 15.3. The molecular formula is C32H66. The molecule has 0 heterocycles. The first kappa shape index (κ1) is 32.0. The molecule has 0 amide bonds. The van der Waals surface area contributed by atoms with Crippen molar-refractivity contribution >= 4 is 0 Å². The Labute approximate surface area is 206 Å². The molecule has 0 aliphatic heterocycles. The van der Waals surface area contributed by atoms with E-state index in [4.69, 9.17) is 0 Å². The summed E-state index contributed by atoms with van der Waals surface area (Å²) in [6.45, 7) is 16.9. The van der Waals surface area contributed by atoms with Gasteiger partial charge in [-0.1, -0.05) is 177 Å². The Bertz CT molecular complexity index is 355. The Morgan fingerprint density at radius 2 is 0.438 bits per heavy atom. The summed E-state index contributed by atoms with van der Waals surface area (Å²) in [5.41, 5.74) is 0. The van der Waals surface area contributed by atoms with Gasteiger partial charge in [0.05, 0.1) is 0 Å². The van der Waals surface area contributed by atoms with Crippen molar-refractivity contribution in [1.29, 1.82) is 0 Å². The van der Waals surface area contributed by atoms with Crippen LogP contribution in [0, 0.1) is 29.6 Å². The molecule has 0 heteroatoms. The van der Waals surface area contributed by atoms with Crippen LogP contribution in [0.5, 0.6) is 0 Å². The fourth-order valence-corrected chi connectivity index (χ4v) is 5.20. The third-order valence-corrected chi connectivity index (χ3v) is 7.74. The average Bonchev–Trinajstić information content (AvgIpc) is 2.73. The summed E-state index contributed by atoms with van der Waals surface area (Å²) in [5, 5.41) is 0. The van der Waals surface area contributed by atoms with Gasteiger partial charge in [-0.3, -0.25) is 0 Å². The lowest BCUT2D eigenvalue weighted by molar-refractivity contribution is 0.387. The van der Waals surface area contributed by atoms with Crippen molar-refractivity contribution in [3.63, 3.8) is 0 Å². The molecule has 3 atom stereocenters. The van der Waals surface area contributed by atoms with Crippen molar-refractivity contribution in [2.45, 2.75) is 177 Å². The summed E-state index contributed by atoms with van der Waals surface area (Å²) in [7, 11) is 0. The van der Waals surface area contributed by atoms with E-state index >= 15 is 0 Å². The van der Waals surface area contributed by atoms with E-state index in [1.165, 1.54) is 128 Å². The molecule has 0 aromatic carbocycles. The molecule has 0 fully saturated rings. The van der Waals surface area contributed by atoms with Crippen LogP contribution in [0.2, 0.25) is 0 Å². The molecule has 0 nitrogen and oxygen atoms in total. The quantitative estimate of drug-likeness (QED) is 0.128. The van der Waals surface area contributed by atoms with Crippen molar-refractivity contribution in [3.05, 3.63) is 0 Å². The zero-order chi connectivity index (χ0) is 24.0. The molecule has 0 aromatic heterocycles. The third kappa shape index (κ3) is 24.6. The van der Waals surface area contributed by atoms with E-state index in [-0.39, 0.29) is 0 Å². The van der Waals surface area contributed by atoms with Gasteiger partial charge < -0.3 is 0 Å². The standard InChI is InChI=1S/C32H66/c1-28(2)20-12-9-8-10-14-22-30(5)24-16-18-26-32(7)27-19-17-25-31(6)23-15-11-13-21-29(3)4/h28-32H,8-27H2,1-7H3. The van der Waals surface area contributed by atoms with Crippen molar-refractivity contribution in [1.82, 2.24) is 0 Å². The lowest BCUT2D eigenvalue weighted by atomic mass is 9.91. The molecule has 0 rings (SSSR count). The number of unbranched alkanes of at least 4 members (excludes halogenated alkanes) is 8. The first-order chi connectivity index (χ1) is 15.3. The van der Waals surface area contributed by atoms with Gasteiger partial charge in [-0.2, -0.15) is 0 Å². The predicted octanol–water partition coefficient (Wildman–Crippen LogP) is 12.0. The van der Waals surface area contributed by atoms with Crippen LogP contribution in [-0.2, 0) is 0 Å². The van der Waals surface area contributed by atoms with Crippen LogP contribution in [0.3, 0.4) is 0 Å². The second kappa shape index (κ2) is 22.8. The lowest BCUT2D eigenvalue weighted by Crippen LogP contribution is -1.99. The van der Waals surface area contributed by atoms with E-state index in [0.717, 1.165) is 29.6 Å². The molecule has 32 heavy (non-hydrogen) atoms. The van der Waals surface area contributed by atoms with E-state index in [9.17, 15) is 0 Å². The van der Waals surface area contributed by atoms with Gasteiger partial charge >= 0.3 is 0 Å². The molecule has 0 aromatic rings. The van der Waals surface area contributed by atoms with Gasteiger partial charge in [-0.25, -0.2) is 0 Å². The topological polar surface area (TPSA) is 0 Å². The zero-order valence-electron chi connectivity index (χ0n) is 24.0. The molecule has 0 bridgehead atoms. The second-order valence-corrected chi connectivity index (χ2v) is 12.7. The minimum atomic E-state index is 0.886. The Morgan fingerprint density at radius 3 is 0.719 bits per heavy atom. The van der Waals surface area contributed by atoms with Crippen LogP contribution >= 0.6 is 0 Å². The van der Waals surface area contributed by atoms with Gasteiger partial charge in [0, 0.05) is 0 Å². The monoisotopic (exact) mass is 451 g/mol. The Kier molecular flexibility index (Phi) is 22.8. The van der Waals surface area contributed by atoms with E-state index in [2.05, 4.69) is 48.5 Å². The highest BCUT2D eigenvalue weighted by molar-refractivity contribution is 4.60. The predicted molar refractivity (Wildman–Crippen MR) is 150 cm³/mol. The van der Waals surface area contributed by atoms with E-state index in [1.54, 1.807) is 0 Å². The molecule has 3 unspecified atom stereocenters. The highest BCUT2D eigenvalue weighted by atomic mass is 14.1. The number of hydrogen-bond donors (Lipinski definition) is 0. The summed E-state index contributed by atoms with van der Waals surface area (Å²) in [6, 6.07) is 0. The maximum Gasteiger partial charge on any atom is -0.0443 e. The fourth-order valence-electron chi connectivity index (χ4n) is 5.20. The van der Waals surface area contributed by atoms with E-state index in [0.29, 0.717) is 0 Å². The molecule has 0 aliphatic rings. The minimum Gasteiger partial charge on any atom is -0.0628 e. The van der Waals surface area contributed by atoms with Gasteiger partial charge in [-0.05, 0) is 29.6 Å². The van der Waals surface area contributed by atoms with Crippen LogP contribution in [0.15, 0.2) is 0 Å². The van der Waals surface area contributed by atoms with E-state index < -0.39 is 0 Å². The molecule has 0 N–H and O–H groups in total. The number of hydrogen-bond acceptors (Lipinski definition) is 0. The highest BCUT2D eigenvalue weighted by Gasteiger charge is 2.07. The summed E-state index contributed by atoms with van der Waals surface area (Å²) >= 11 is 0. The third-order valence-electron chi connectivity index (χ3n) is 7.74. The highest BCUT2D eigenvalue weighted by Crippen LogP contribution is 2.23.